The summed E-state index contributed by atoms with van der Waals surface area (Å²) in [4.78, 5) is 8.03. The minimum atomic E-state index is -0.194. The van der Waals surface area contributed by atoms with Gasteiger partial charge in [-0.3, -0.25) is 4.99 Å². The van der Waals surface area contributed by atoms with Crippen molar-refractivity contribution in [2.75, 3.05) is 13.1 Å². The minimum Gasteiger partial charge on any atom is -0.410 e. The Balaban J connectivity index is 2.37. The third-order valence-electron chi connectivity index (χ3n) is 3.16. The lowest BCUT2D eigenvalue weighted by Gasteiger charge is -2.31. The molecule has 110 valence electrons. The van der Waals surface area contributed by atoms with Crippen LogP contribution in [0, 0.1) is 0 Å². The summed E-state index contributed by atoms with van der Waals surface area (Å²) >= 11 is 1.58. The van der Waals surface area contributed by atoms with Gasteiger partial charge in [-0.15, -0.1) is 11.3 Å². The lowest BCUT2D eigenvalue weighted by molar-refractivity contribution is 0.316. The molecule has 1 aromatic rings. The highest BCUT2D eigenvalue weighted by Crippen LogP contribution is 2.19. The van der Waals surface area contributed by atoms with Gasteiger partial charge in [-0.25, -0.2) is 0 Å². The van der Waals surface area contributed by atoms with Gasteiger partial charge in [-0.05, 0) is 51.5 Å². The van der Waals surface area contributed by atoms with E-state index in [4.69, 9.17) is 4.99 Å². The van der Waals surface area contributed by atoms with E-state index in [0.717, 1.165) is 23.8 Å². The van der Waals surface area contributed by atoms with Gasteiger partial charge in [0.2, 0.25) is 0 Å². The Morgan fingerprint density at radius 1 is 1.25 bits per heavy atom. The molecule has 1 fully saturated rings. The third-order valence-corrected chi connectivity index (χ3v) is 4.04. The summed E-state index contributed by atoms with van der Waals surface area (Å²) < 4.78 is 0. The van der Waals surface area contributed by atoms with E-state index >= 15 is 0 Å². The highest BCUT2D eigenvalue weighted by molar-refractivity contribution is 7.13. The molecular weight excluding hydrogens is 270 g/mol. The van der Waals surface area contributed by atoms with Gasteiger partial charge in [0.25, 0.3) is 0 Å². The fourth-order valence-corrected chi connectivity index (χ4v) is 3.02. The Bertz CT molecular complexity index is 480. The van der Waals surface area contributed by atoms with Gasteiger partial charge < -0.3 is 10.1 Å². The van der Waals surface area contributed by atoms with Crippen molar-refractivity contribution < 1.29 is 5.21 Å². The van der Waals surface area contributed by atoms with E-state index in [0.29, 0.717) is 5.71 Å². The maximum Gasteiger partial charge on any atom is 0.161 e. The first kappa shape index (κ1) is 15.0. The number of hydrogen-bond donors (Lipinski definition) is 1. The Hall–Kier alpha value is -1.36. The molecule has 1 aliphatic heterocycles. The first-order valence-corrected chi connectivity index (χ1v) is 8.00. The summed E-state index contributed by atoms with van der Waals surface area (Å²) in [6, 6.07) is 3.94. The van der Waals surface area contributed by atoms with Crippen LogP contribution in [0.25, 0.3) is 0 Å². The third kappa shape index (κ3) is 3.82. The van der Waals surface area contributed by atoms with Crippen molar-refractivity contribution in [3.05, 3.63) is 22.4 Å². The molecule has 2 rings (SSSR count). The van der Waals surface area contributed by atoms with E-state index in [-0.39, 0.29) is 5.54 Å². The molecule has 1 N–H and O–H groups in total. The van der Waals surface area contributed by atoms with Crippen molar-refractivity contribution >= 4 is 22.9 Å². The minimum absolute atomic E-state index is 0.194. The zero-order valence-electron chi connectivity index (χ0n) is 12.5. The number of hydrogen-bond acceptors (Lipinski definition) is 4. The highest BCUT2D eigenvalue weighted by Gasteiger charge is 2.24. The Morgan fingerprint density at radius 2 is 1.95 bits per heavy atom. The van der Waals surface area contributed by atoms with Crippen LogP contribution in [0.2, 0.25) is 0 Å². The smallest absolute Gasteiger partial charge is 0.161 e. The van der Waals surface area contributed by atoms with Crippen molar-refractivity contribution in [3.8, 4) is 0 Å². The summed E-state index contributed by atoms with van der Waals surface area (Å²) in [7, 11) is 0. The lowest BCUT2D eigenvalue weighted by atomic mass is 10.1. The van der Waals surface area contributed by atoms with Gasteiger partial charge in [0.15, 0.2) is 11.5 Å². The van der Waals surface area contributed by atoms with Crippen molar-refractivity contribution in [2.45, 2.75) is 45.6 Å². The predicted octanol–water partition coefficient (Wildman–Crippen LogP) is 3.61. The largest absolute Gasteiger partial charge is 0.410 e. The lowest BCUT2D eigenvalue weighted by Crippen LogP contribution is -2.42. The fourth-order valence-electron chi connectivity index (χ4n) is 2.31. The van der Waals surface area contributed by atoms with Crippen molar-refractivity contribution in [1.82, 2.24) is 4.90 Å². The van der Waals surface area contributed by atoms with E-state index in [1.165, 1.54) is 19.3 Å². The molecule has 0 aromatic carbocycles. The number of amidine groups is 1. The number of nitrogens with zero attached hydrogens (tertiary/aromatic N) is 3. The summed E-state index contributed by atoms with van der Waals surface area (Å²) in [5, 5.41) is 15.0. The fraction of sp³-hybridized carbons (Fsp3) is 0.600. The van der Waals surface area contributed by atoms with Gasteiger partial charge in [-0.2, -0.15) is 0 Å². The number of rotatable bonds is 2. The second kappa shape index (κ2) is 6.39. The van der Waals surface area contributed by atoms with E-state index in [9.17, 15) is 5.21 Å². The molecule has 2 heterocycles. The number of piperidine rings is 1. The van der Waals surface area contributed by atoms with E-state index < -0.39 is 0 Å². The molecule has 5 heteroatoms. The summed E-state index contributed by atoms with van der Waals surface area (Å²) in [6.07, 6.45) is 3.61. The van der Waals surface area contributed by atoms with Gasteiger partial charge in [0, 0.05) is 13.1 Å². The standard InChI is InChI=1S/C15H23N3OS/c1-15(2,3)16-14(18-9-5-4-6-10-18)13(17-19)12-8-7-11-20-12/h7-8,11,19H,4-6,9-10H2,1-3H3/b16-14?,17-13-. The Labute approximate surface area is 124 Å². The zero-order chi connectivity index (χ0) is 14.6. The maximum absolute atomic E-state index is 9.48. The molecule has 0 atom stereocenters. The molecule has 0 radical (unpaired) electrons. The molecule has 1 aliphatic rings. The molecule has 0 bridgehead atoms. The quantitative estimate of drug-likeness (QED) is 0.392. The molecule has 0 spiro atoms. The van der Waals surface area contributed by atoms with Gasteiger partial charge in [0.05, 0.1) is 10.4 Å². The normalized spacial score (nSPS) is 18.4. The first-order chi connectivity index (χ1) is 9.51. The second-order valence-corrected chi connectivity index (χ2v) is 7.03. The van der Waals surface area contributed by atoms with Crippen LogP contribution in [0.3, 0.4) is 0 Å². The number of aliphatic imine (C=N–C) groups is 1. The average Bonchev–Trinajstić information content (AvgIpc) is 2.92. The average molecular weight is 293 g/mol. The molecule has 1 saturated heterocycles. The number of thiophene rings is 1. The van der Waals surface area contributed by atoms with Crippen LogP contribution in [0.15, 0.2) is 27.7 Å². The molecule has 20 heavy (non-hydrogen) atoms. The topological polar surface area (TPSA) is 48.2 Å². The van der Waals surface area contributed by atoms with Crippen LogP contribution in [0.1, 0.15) is 44.9 Å². The first-order valence-electron chi connectivity index (χ1n) is 7.12. The maximum atomic E-state index is 9.48. The zero-order valence-corrected chi connectivity index (χ0v) is 13.3. The van der Waals surface area contributed by atoms with Crippen LogP contribution >= 0.6 is 11.3 Å². The van der Waals surface area contributed by atoms with Crippen molar-refractivity contribution in [1.29, 1.82) is 0 Å². The molecule has 0 saturated carbocycles. The molecule has 0 aliphatic carbocycles. The molecule has 0 amide bonds. The van der Waals surface area contributed by atoms with E-state index in [2.05, 4.69) is 30.8 Å². The molecule has 0 unspecified atom stereocenters. The van der Waals surface area contributed by atoms with E-state index in [1.54, 1.807) is 11.3 Å². The van der Waals surface area contributed by atoms with Crippen LogP contribution in [0.4, 0.5) is 0 Å². The van der Waals surface area contributed by atoms with Crippen LogP contribution in [-0.4, -0.2) is 40.3 Å². The Kier molecular flexibility index (Phi) is 4.81. The Morgan fingerprint density at radius 3 is 2.45 bits per heavy atom. The van der Waals surface area contributed by atoms with Crippen molar-refractivity contribution in [3.63, 3.8) is 0 Å². The summed E-state index contributed by atoms with van der Waals surface area (Å²) in [5.41, 5.74) is 0.400. The predicted molar refractivity (Wildman–Crippen MR) is 85.3 cm³/mol. The van der Waals surface area contributed by atoms with Gasteiger partial charge in [-0.1, -0.05) is 11.2 Å². The monoisotopic (exact) mass is 293 g/mol. The number of oxime groups is 1. The summed E-state index contributed by atoms with van der Waals surface area (Å²) in [5.74, 6) is 0.821. The molecule has 4 nitrogen and oxygen atoms in total. The van der Waals surface area contributed by atoms with Crippen LogP contribution in [-0.2, 0) is 0 Å². The van der Waals surface area contributed by atoms with E-state index in [1.807, 2.05) is 17.5 Å². The molecular formula is C15H23N3OS. The molecule has 1 aromatic heterocycles. The van der Waals surface area contributed by atoms with Crippen LogP contribution < -0.4 is 0 Å². The number of likely N-dealkylation sites (tertiary alicyclic amines) is 1. The highest BCUT2D eigenvalue weighted by atomic mass is 32.1. The van der Waals surface area contributed by atoms with Crippen LogP contribution in [0.5, 0.6) is 0 Å². The second-order valence-electron chi connectivity index (χ2n) is 6.08. The van der Waals surface area contributed by atoms with Gasteiger partial charge >= 0.3 is 0 Å². The summed E-state index contributed by atoms with van der Waals surface area (Å²) in [6.45, 7) is 8.18. The van der Waals surface area contributed by atoms with Crippen molar-refractivity contribution in [2.24, 2.45) is 10.1 Å². The van der Waals surface area contributed by atoms with Gasteiger partial charge in [0.1, 0.15) is 0 Å². The SMILES string of the molecule is CC(C)(C)N=C(/C(=N\O)c1cccs1)N1CCCCC1.